The molecule has 0 spiro atoms. The second kappa shape index (κ2) is 7.75. The van der Waals surface area contributed by atoms with E-state index in [2.05, 4.69) is 0 Å². The number of esters is 1. The summed E-state index contributed by atoms with van der Waals surface area (Å²) in [6.07, 6.45) is 2.43. The maximum atomic E-state index is 13.0. The van der Waals surface area contributed by atoms with Crippen LogP contribution >= 0.6 is 11.8 Å². The highest BCUT2D eigenvalue weighted by Gasteiger charge is 2.71. The molecule has 2 aliphatic rings. The number of benzene rings is 1. The lowest BCUT2D eigenvalue weighted by atomic mass is 9.78. The van der Waals surface area contributed by atoms with E-state index in [1.165, 1.54) is 19.1 Å². The molecule has 7 nitrogen and oxygen atoms in total. The molecule has 2 heterocycles. The van der Waals surface area contributed by atoms with E-state index in [4.69, 9.17) is 4.74 Å². The molecule has 3 rings (SSSR count). The van der Waals surface area contributed by atoms with E-state index < -0.39 is 23.3 Å². The number of rotatable bonds is 6. The quantitative estimate of drug-likeness (QED) is 0.539. The number of fused-ring (bicyclic) bond motifs is 1. The Hall–Kier alpha value is -2.06. The van der Waals surface area contributed by atoms with Gasteiger partial charge < -0.3 is 15.0 Å². The summed E-state index contributed by atoms with van der Waals surface area (Å²) in [6.45, 7) is 0. The van der Waals surface area contributed by atoms with Gasteiger partial charge in [0.15, 0.2) is 0 Å². The van der Waals surface area contributed by atoms with E-state index in [0.29, 0.717) is 12.2 Å². The minimum atomic E-state index is -1.08. The zero-order chi connectivity index (χ0) is 20.6. The highest BCUT2D eigenvalue weighted by atomic mass is 32.2. The second-order valence-electron chi connectivity index (χ2n) is 7.69. The van der Waals surface area contributed by atoms with Gasteiger partial charge in [-0.1, -0.05) is 12.1 Å². The van der Waals surface area contributed by atoms with Crippen LogP contribution < -0.4 is 10.2 Å². The monoisotopic (exact) mass is 406 g/mol. The molecule has 0 saturated carbocycles. The van der Waals surface area contributed by atoms with Crippen LogP contribution in [-0.2, 0) is 19.1 Å². The normalized spacial score (nSPS) is 29.2. The van der Waals surface area contributed by atoms with Crippen molar-refractivity contribution < 1.29 is 24.4 Å². The number of amides is 2. The minimum Gasteiger partial charge on any atom is -0.464 e. The lowest BCUT2D eigenvalue weighted by Gasteiger charge is -2.28. The maximum Gasteiger partial charge on any atom is 0.368 e. The molecule has 2 saturated heterocycles. The fraction of sp³-hybridized carbons (Fsp3) is 0.550. The first kappa shape index (κ1) is 20.7. The summed E-state index contributed by atoms with van der Waals surface area (Å²) in [5, 5.41) is 1.91. The van der Waals surface area contributed by atoms with Gasteiger partial charge in [-0.2, -0.15) is 11.8 Å². The van der Waals surface area contributed by atoms with E-state index in [9.17, 15) is 14.4 Å². The van der Waals surface area contributed by atoms with Crippen molar-refractivity contribution in [2.24, 2.45) is 11.8 Å². The molecule has 0 aromatic heterocycles. The molecule has 2 aliphatic heterocycles. The number of methoxy groups -OCH3 is 1. The number of carbonyl (C=O) groups is 3. The standard InChI is InChI=1S/C20H27N3O4S/c1-22(2)13-8-6-12(7-9-13)16-14-15(18(25)23(3)17(14)24)20(21-16,10-11-28-5)19(26)27-4/h6-9,14-16,21H,10-11H2,1-5H3/p+1/t14-,15+,16+,20+/m0/s1. The van der Waals surface area contributed by atoms with E-state index in [1.54, 1.807) is 11.8 Å². The molecule has 28 heavy (non-hydrogen) atoms. The van der Waals surface area contributed by atoms with Gasteiger partial charge in [-0.05, 0) is 24.1 Å². The van der Waals surface area contributed by atoms with Crippen LogP contribution in [0.25, 0.3) is 0 Å². The van der Waals surface area contributed by atoms with Crippen molar-refractivity contribution in [2.45, 2.75) is 18.0 Å². The van der Waals surface area contributed by atoms with E-state index in [0.717, 1.165) is 11.3 Å². The molecule has 2 N–H and O–H groups in total. The number of thioether (sulfide) groups is 1. The number of likely N-dealkylation sites (tertiary alicyclic amines) is 1. The van der Waals surface area contributed by atoms with Crippen molar-refractivity contribution in [1.82, 2.24) is 4.90 Å². The van der Waals surface area contributed by atoms with Gasteiger partial charge >= 0.3 is 5.97 Å². The number of ether oxygens (including phenoxy) is 1. The first-order valence-corrected chi connectivity index (χ1v) is 10.7. The molecule has 2 fully saturated rings. The Morgan fingerprint density at radius 1 is 1.25 bits per heavy atom. The van der Waals surface area contributed by atoms with Crippen LogP contribution in [0.1, 0.15) is 18.0 Å². The number of anilines is 1. The van der Waals surface area contributed by atoms with Gasteiger partial charge in [0.25, 0.3) is 0 Å². The third kappa shape index (κ3) is 3.08. The number of hydrogen-bond acceptors (Lipinski definition) is 6. The van der Waals surface area contributed by atoms with Crippen molar-refractivity contribution in [2.75, 3.05) is 45.2 Å². The topological polar surface area (TPSA) is 83.5 Å². The SMILES string of the molecule is COC(=O)[C@]1(CCSC)[NH2+][C@H](c2ccc(N(C)C)cc2)[C@H]2C(=O)N(C)C(=O)[C@@H]21. The molecule has 1 aromatic rings. The first-order chi connectivity index (χ1) is 13.3. The largest absolute Gasteiger partial charge is 0.464 e. The summed E-state index contributed by atoms with van der Waals surface area (Å²) in [7, 11) is 6.78. The van der Waals surface area contributed by atoms with Gasteiger partial charge in [0, 0.05) is 38.8 Å². The number of carbonyl (C=O) groups excluding carboxylic acids is 3. The molecule has 0 unspecified atom stereocenters. The summed E-state index contributed by atoms with van der Waals surface area (Å²) in [5.74, 6) is -1.51. The molecule has 0 bridgehead atoms. The Morgan fingerprint density at radius 3 is 2.43 bits per heavy atom. The van der Waals surface area contributed by atoms with Gasteiger partial charge in [0.05, 0.1) is 7.11 Å². The van der Waals surface area contributed by atoms with Crippen LogP contribution in [0.3, 0.4) is 0 Å². The van der Waals surface area contributed by atoms with Gasteiger partial charge in [0.1, 0.15) is 17.9 Å². The minimum absolute atomic E-state index is 0.220. The molecule has 4 atom stereocenters. The predicted octanol–water partition coefficient (Wildman–Crippen LogP) is 0.267. The summed E-state index contributed by atoms with van der Waals surface area (Å²) < 4.78 is 5.13. The lowest BCUT2D eigenvalue weighted by molar-refractivity contribution is -0.734. The number of imide groups is 1. The molecule has 0 radical (unpaired) electrons. The van der Waals surface area contributed by atoms with Crippen LogP contribution in [0.15, 0.2) is 24.3 Å². The average molecular weight is 407 g/mol. The number of nitrogens with two attached hydrogens (primary N) is 1. The third-order valence-corrected chi connectivity index (χ3v) is 6.68. The highest BCUT2D eigenvalue weighted by molar-refractivity contribution is 7.98. The summed E-state index contributed by atoms with van der Waals surface area (Å²) >= 11 is 1.61. The highest BCUT2D eigenvalue weighted by Crippen LogP contribution is 2.45. The van der Waals surface area contributed by atoms with Crippen molar-refractivity contribution in [3.63, 3.8) is 0 Å². The smallest absolute Gasteiger partial charge is 0.368 e. The Labute approximate surface area is 169 Å². The number of hydrogen-bond donors (Lipinski definition) is 1. The van der Waals surface area contributed by atoms with Crippen LogP contribution in [0.5, 0.6) is 0 Å². The van der Waals surface area contributed by atoms with Gasteiger partial charge in [-0.3, -0.25) is 14.5 Å². The second-order valence-corrected chi connectivity index (χ2v) is 8.68. The Morgan fingerprint density at radius 2 is 1.89 bits per heavy atom. The fourth-order valence-electron chi connectivity index (χ4n) is 4.56. The van der Waals surface area contributed by atoms with Crippen molar-refractivity contribution in [1.29, 1.82) is 0 Å². The van der Waals surface area contributed by atoms with E-state index in [-0.39, 0.29) is 17.9 Å². The first-order valence-electron chi connectivity index (χ1n) is 9.30. The molecule has 152 valence electrons. The molecule has 8 heteroatoms. The summed E-state index contributed by atoms with van der Waals surface area (Å²) in [6, 6.07) is 7.63. The maximum absolute atomic E-state index is 13.0. The van der Waals surface area contributed by atoms with E-state index in [1.807, 2.05) is 54.8 Å². The zero-order valence-corrected chi connectivity index (χ0v) is 17.8. The lowest BCUT2D eigenvalue weighted by Crippen LogP contribution is -2.98. The van der Waals surface area contributed by atoms with Gasteiger partial charge in [-0.15, -0.1) is 0 Å². The fourth-order valence-corrected chi connectivity index (χ4v) is 5.10. The third-order valence-electron chi connectivity index (χ3n) is 6.07. The average Bonchev–Trinajstić information content (AvgIpc) is 3.16. The summed E-state index contributed by atoms with van der Waals surface area (Å²) in [4.78, 5) is 42.0. The molecule has 1 aromatic carbocycles. The van der Waals surface area contributed by atoms with Crippen molar-refractivity contribution in [3.05, 3.63) is 29.8 Å². The van der Waals surface area contributed by atoms with E-state index >= 15 is 0 Å². The molecular weight excluding hydrogens is 378 g/mol. The van der Waals surface area contributed by atoms with Crippen molar-refractivity contribution >= 4 is 35.2 Å². The molecule has 0 aliphatic carbocycles. The Balaban J connectivity index is 2.08. The predicted molar refractivity (Wildman–Crippen MR) is 108 cm³/mol. The number of quaternary nitrogens is 1. The van der Waals surface area contributed by atoms with Crippen LogP contribution in [-0.4, -0.2) is 68.5 Å². The van der Waals surface area contributed by atoms with Gasteiger partial charge in [0.2, 0.25) is 17.4 Å². The number of nitrogens with zero attached hydrogens (tertiary/aromatic N) is 2. The van der Waals surface area contributed by atoms with Crippen LogP contribution in [0.4, 0.5) is 5.69 Å². The zero-order valence-electron chi connectivity index (χ0n) is 17.0. The van der Waals surface area contributed by atoms with Gasteiger partial charge in [-0.25, -0.2) is 4.79 Å². The van der Waals surface area contributed by atoms with Crippen molar-refractivity contribution in [3.8, 4) is 0 Å². The van der Waals surface area contributed by atoms with Crippen LogP contribution in [0.2, 0.25) is 0 Å². The molecule has 2 amide bonds. The Bertz CT molecular complexity index is 782. The summed E-state index contributed by atoms with van der Waals surface area (Å²) in [5.41, 5.74) is 0.906. The van der Waals surface area contributed by atoms with Crippen LogP contribution in [0, 0.1) is 11.8 Å². The Kier molecular flexibility index (Phi) is 5.72. The molecular formula is C20H28N3O4S+.